The maximum Gasteiger partial charge on any atom is 0.335 e. The summed E-state index contributed by atoms with van der Waals surface area (Å²) in [6.45, 7) is -0.784. The Hall–Kier alpha value is -4.68. The van der Waals surface area contributed by atoms with Crippen molar-refractivity contribution in [3.05, 3.63) is 104 Å². The van der Waals surface area contributed by atoms with Crippen LogP contribution in [0.25, 0.3) is 0 Å². The number of halogens is 1. The van der Waals surface area contributed by atoms with Crippen molar-refractivity contribution in [1.29, 1.82) is 0 Å². The highest BCUT2D eigenvalue weighted by Crippen LogP contribution is 2.25. The van der Waals surface area contributed by atoms with E-state index in [1.54, 1.807) is 54.6 Å². The molecule has 196 valence electrons. The quantitative estimate of drug-likeness (QED) is 0.249. The normalized spacial score (nSPS) is 11.4. The minimum Gasteiger partial charge on any atom is -0.493 e. The molecule has 2 heterocycles. The van der Waals surface area contributed by atoms with Crippen molar-refractivity contribution in [3.63, 3.8) is 0 Å². The first-order chi connectivity index (χ1) is 18.3. The predicted molar refractivity (Wildman–Crippen MR) is 138 cm³/mol. The lowest BCUT2D eigenvalue weighted by atomic mass is 10.2. The summed E-state index contributed by atoms with van der Waals surface area (Å²) in [5, 5.41) is 21.3. The van der Waals surface area contributed by atoms with Gasteiger partial charge in [0.05, 0.1) is 18.8 Å². The van der Waals surface area contributed by atoms with Gasteiger partial charge in [-0.1, -0.05) is 23.7 Å². The van der Waals surface area contributed by atoms with E-state index in [0.29, 0.717) is 27.8 Å². The second-order valence-electron chi connectivity index (χ2n) is 7.97. The van der Waals surface area contributed by atoms with Crippen molar-refractivity contribution in [1.82, 2.24) is 24.4 Å². The third-order valence-electron chi connectivity index (χ3n) is 5.20. The molecule has 0 aliphatic rings. The van der Waals surface area contributed by atoms with Gasteiger partial charge in [0.2, 0.25) is 17.4 Å². The Morgan fingerprint density at radius 1 is 1.05 bits per heavy atom. The summed E-state index contributed by atoms with van der Waals surface area (Å²) >= 11 is 5.97. The first-order valence-corrected chi connectivity index (χ1v) is 11.7. The van der Waals surface area contributed by atoms with Gasteiger partial charge in [0.15, 0.2) is 0 Å². The molecule has 12 nitrogen and oxygen atoms in total. The molecule has 2 aromatic carbocycles. The number of pyridine rings is 1. The molecule has 38 heavy (non-hydrogen) atoms. The number of hydrogen-bond donors (Lipinski definition) is 4. The second kappa shape index (κ2) is 12.0. The van der Waals surface area contributed by atoms with Crippen LogP contribution in [0.1, 0.15) is 5.56 Å². The fourth-order valence-electron chi connectivity index (χ4n) is 3.40. The number of carbonyl (C=O) groups excluding carboxylic acids is 1. The average molecular weight is 539 g/mol. The van der Waals surface area contributed by atoms with Gasteiger partial charge in [0.1, 0.15) is 18.0 Å². The molecule has 0 saturated heterocycles. The van der Waals surface area contributed by atoms with Crippen LogP contribution in [0.15, 0.2) is 81.4 Å². The first-order valence-electron chi connectivity index (χ1n) is 11.4. The van der Waals surface area contributed by atoms with Gasteiger partial charge < -0.3 is 20.3 Å². The van der Waals surface area contributed by atoms with E-state index in [0.717, 1.165) is 4.57 Å². The van der Waals surface area contributed by atoms with Crippen LogP contribution in [0.3, 0.4) is 0 Å². The summed E-state index contributed by atoms with van der Waals surface area (Å²) in [6, 6.07) is 16.2. The standard InChI is InChI=1S/C25H23ClN6O6/c26-17-3-1-16(2-4-17)14-31-23(30-24(36)32(25(31)37)15-22(35)28-11-12-33)29-18-5-7-19(8-6-18)38-20-9-10-27-21(34)13-20/h1-10,13,33H,11-12,14-15H2,(H,27,34)(H,28,35)(H,29,30,36). The Labute approximate surface area is 220 Å². The van der Waals surface area contributed by atoms with E-state index in [9.17, 15) is 19.5 Å². The highest BCUT2D eigenvalue weighted by molar-refractivity contribution is 6.30. The molecule has 0 unspecified atom stereocenters. The highest BCUT2D eigenvalue weighted by Gasteiger charge is 2.13. The Bertz CT molecular complexity index is 1610. The third kappa shape index (κ3) is 6.75. The number of benzene rings is 2. The molecule has 0 bridgehead atoms. The van der Waals surface area contributed by atoms with Gasteiger partial charge in [-0.15, -0.1) is 0 Å². The molecule has 0 aliphatic heterocycles. The van der Waals surface area contributed by atoms with Crippen LogP contribution < -0.4 is 27.1 Å². The number of aromatic amines is 1. The molecule has 0 aliphatic carbocycles. The Morgan fingerprint density at radius 3 is 2.47 bits per heavy atom. The average Bonchev–Trinajstić information content (AvgIpc) is 2.90. The topological polar surface area (TPSA) is 164 Å². The number of H-pyrrole nitrogens is 1. The molecule has 0 fully saturated rings. The number of aliphatic hydroxyl groups is 1. The molecule has 4 rings (SSSR count). The number of amides is 1. The molecule has 13 heteroatoms. The lowest BCUT2D eigenvalue weighted by Crippen LogP contribution is -2.51. The molecular weight excluding hydrogens is 516 g/mol. The predicted octanol–water partition coefficient (Wildman–Crippen LogP) is 1.27. The van der Waals surface area contributed by atoms with Crippen LogP contribution in [0.5, 0.6) is 17.4 Å². The van der Waals surface area contributed by atoms with Gasteiger partial charge in [-0.25, -0.2) is 24.1 Å². The number of aromatic hydroxyl groups is 1. The van der Waals surface area contributed by atoms with Crippen molar-refractivity contribution >= 4 is 23.2 Å². The monoisotopic (exact) mass is 538 g/mol. The molecule has 4 aromatic rings. The van der Waals surface area contributed by atoms with Gasteiger partial charge in [-0.3, -0.25) is 14.3 Å². The van der Waals surface area contributed by atoms with Crippen LogP contribution >= 0.6 is 11.6 Å². The van der Waals surface area contributed by atoms with Crippen LogP contribution in [-0.2, 0) is 17.9 Å². The smallest absolute Gasteiger partial charge is 0.335 e. The van der Waals surface area contributed by atoms with Crippen molar-refractivity contribution in [2.24, 2.45) is 4.99 Å². The summed E-state index contributed by atoms with van der Waals surface area (Å²) in [7, 11) is 0. The van der Waals surface area contributed by atoms with Gasteiger partial charge >= 0.3 is 11.4 Å². The van der Waals surface area contributed by atoms with E-state index < -0.39 is 23.8 Å². The fourth-order valence-corrected chi connectivity index (χ4v) is 3.53. The molecule has 2 aromatic heterocycles. The number of rotatable bonds is 9. The van der Waals surface area contributed by atoms with Gasteiger partial charge in [-0.05, 0) is 48.0 Å². The maximum atomic E-state index is 13.3. The molecule has 4 N–H and O–H groups in total. The number of aromatic nitrogens is 4. The zero-order chi connectivity index (χ0) is 27.1. The largest absolute Gasteiger partial charge is 0.493 e. The summed E-state index contributed by atoms with van der Waals surface area (Å²) in [5.41, 5.74) is -0.486. The van der Waals surface area contributed by atoms with Crippen molar-refractivity contribution in [2.45, 2.75) is 13.1 Å². The number of nitrogens with zero attached hydrogens (tertiary/aromatic N) is 4. The number of hydrogen-bond acceptors (Lipinski definition) is 8. The van der Waals surface area contributed by atoms with Crippen LogP contribution in [0.4, 0.5) is 5.69 Å². The van der Waals surface area contributed by atoms with Crippen LogP contribution in [0.2, 0.25) is 5.02 Å². The molecule has 0 saturated carbocycles. The summed E-state index contributed by atoms with van der Waals surface area (Å²) in [6.07, 6.45) is 1.41. The van der Waals surface area contributed by atoms with E-state index in [4.69, 9.17) is 21.4 Å². The zero-order valence-electron chi connectivity index (χ0n) is 19.9. The molecule has 0 radical (unpaired) electrons. The van der Waals surface area contributed by atoms with E-state index >= 15 is 0 Å². The van der Waals surface area contributed by atoms with Crippen molar-refractivity contribution in [2.75, 3.05) is 13.2 Å². The minimum absolute atomic E-state index is 0.00822. The molecule has 1 amide bonds. The lowest BCUT2D eigenvalue weighted by Gasteiger charge is -2.11. The molecule has 0 spiro atoms. The lowest BCUT2D eigenvalue weighted by molar-refractivity contribution is -0.122. The second-order valence-corrected chi connectivity index (χ2v) is 8.40. The van der Waals surface area contributed by atoms with Crippen molar-refractivity contribution in [3.8, 4) is 17.4 Å². The van der Waals surface area contributed by atoms with Gasteiger partial charge in [0.25, 0.3) is 0 Å². The van der Waals surface area contributed by atoms with E-state index in [-0.39, 0.29) is 31.2 Å². The van der Waals surface area contributed by atoms with E-state index in [1.807, 2.05) is 0 Å². The van der Waals surface area contributed by atoms with Crippen molar-refractivity contribution < 1.29 is 19.7 Å². The number of nitrogens with one attached hydrogen (secondary N) is 2. The Balaban J connectivity index is 1.71. The summed E-state index contributed by atoms with van der Waals surface area (Å²) in [5.74, 6) is 0.0665. The first kappa shape index (κ1) is 26.4. The van der Waals surface area contributed by atoms with Crippen LogP contribution in [0, 0.1) is 0 Å². The zero-order valence-corrected chi connectivity index (χ0v) is 20.6. The number of carbonyl (C=O) groups is 1. The number of aliphatic hydroxyl groups excluding tert-OH is 1. The Morgan fingerprint density at radius 2 is 1.79 bits per heavy atom. The summed E-state index contributed by atoms with van der Waals surface area (Å²) in [4.78, 5) is 48.9. The molecular formula is C25H23ClN6O6. The van der Waals surface area contributed by atoms with E-state index in [1.165, 1.54) is 16.8 Å². The van der Waals surface area contributed by atoms with Crippen LogP contribution in [-0.4, -0.2) is 48.4 Å². The number of ether oxygens (including phenoxy) is 1. The third-order valence-corrected chi connectivity index (χ3v) is 5.45. The fraction of sp³-hybridized carbons (Fsp3) is 0.160. The van der Waals surface area contributed by atoms with E-state index in [2.05, 4.69) is 20.3 Å². The highest BCUT2D eigenvalue weighted by atomic mass is 35.5. The van der Waals surface area contributed by atoms with Gasteiger partial charge in [-0.2, -0.15) is 0 Å². The minimum atomic E-state index is -0.822. The SMILES string of the molecule is O=C(Cn1c(=O)[nH]/c(=N\c2ccc(Oc3ccnc(O)c3)cc2)n(Cc2ccc(Cl)cc2)c1=O)NCCO. The summed E-state index contributed by atoms with van der Waals surface area (Å²) < 4.78 is 7.66. The maximum absolute atomic E-state index is 13.3. The molecule has 0 atom stereocenters. The van der Waals surface area contributed by atoms with Gasteiger partial charge in [0, 0.05) is 23.8 Å². The Kier molecular flexibility index (Phi) is 8.36.